The molecule has 0 radical (unpaired) electrons. The molecule has 6 nitrogen and oxygen atoms in total. The average molecular weight is 368 g/mol. The first kappa shape index (κ1) is 19.5. The van der Waals surface area contributed by atoms with Crippen LogP contribution in [0.3, 0.4) is 0 Å². The summed E-state index contributed by atoms with van der Waals surface area (Å²) >= 11 is 0. The molecule has 3 N–H and O–H groups in total. The summed E-state index contributed by atoms with van der Waals surface area (Å²) in [6, 6.07) is 7.41. The van der Waals surface area contributed by atoms with Gasteiger partial charge in [-0.25, -0.2) is 0 Å². The monoisotopic (exact) mass is 367 g/mol. The molecule has 1 saturated heterocycles. The van der Waals surface area contributed by atoms with Gasteiger partial charge in [0.2, 0.25) is 11.8 Å². The number of hydrogen-bond donors (Lipinski definition) is 2. The van der Waals surface area contributed by atoms with Crippen LogP contribution in [0.25, 0.3) is 0 Å². The number of nitrogens with zero attached hydrogens (tertiary/aromatic N) is 1. The molecule has 138 valence electrons. The van der Waals surface area contributed by atoms with Crippen LogP contribution >= 0.6 is 12.4 Å². The summed E-state index contributed by atoms with van der Waals surface area (Å²) < 4.78 is 5.14. The Labute approximate surface area is 154 Å². The maximum Gasteiger partial charge on any atom is 0.245 e. The molecule has 0 aromatic heterocycles. The summed E-state index contributed by atoms with van der Waals surface area (Å²) in [7, 11) is 1.63. The number of halogens is 1. The quantitative estimate of drug-likeness (QED) is 0.825. The zero-order chi connectivity index (χ0) is 17.1. The zero-order valence-electron chi connectivity index (χ0n) is 14.4. The maximum atomic E-state index is 12.5. The predicted molar refractivity (Wildman–Crippen MR) is 97.5 cm³/mol. The summed E-state index contributed by atoms with van der Waals surface area (Å²) in [6.07, 6.45) is 3.10. The van der Waals surface area contributed by atoms with E-state index in [1.54, 1.807) is 12.0 Å². The fourth-order valence-electron chi connectivity index (χ4n) is 3.53. The number of nitrogens with one attached hydrogen (secondary N) is 1. The lowest BCUT2D eigenvalue weighted by Crippen LogP contribution is -2.43. The molecule has 3 unspecified atom stereocenters. The van der Waals surface area contributed by atoms with Crippen molar-refractivity contribution in [3.05, 3.63) is 29.8 Å². The van der Waals surface area contributed by atoms with E-state index in [2.05, 4.69) is 5.32 Å². The van der Waals surface area contributed by atoms with E-state index in [1.165, 1.54) is 0 Å². The highest BCUT2D eigenvalue weighted by molar-refractivity contribution is 5.90. The van der Waals surface area contributed by atoms with Crippen molar-refractivity contribution in [2.45, 2.75) is 44.3 Å². The number of likely N-dealkylation sites (tertiary alicyclic amines) is 1. The summed E-state index contributed by atoms with van der Waals surface area (Å²) in [5, 5.41) is 2.92. The summed E-state index contributed by atoms with van der Waals surface area (Å²) in [5.41, 5.74) is 6.92. The number of benzene rings is 1. The van der Waals surface area contributed by atoms with Crippen LogP contribution < -0.4 is 15.8 Å². The van der Waals surface area contributed by atoms with E-state index in [0.29, 0.717) is 19.5 Å². The molecule has 1 aromatic rings. The zero-order valence-corrected chi connectivity index (χ0v) is 15.3. The second-order valence-electron chi connectivity index (χ2n) is 6.73. The molecular weight excluding hydrogens is 342 g/mol. The fraction of sp³-hybridized carbons (Fsp3) is 0.556. The van der Waals surface area contributed by atoms with Crippen LogP contribution in [0.1, 0.15) is 31.2 Å². The van der Waals surface area contributed by atoms with Gasteiger partial charge in [-0.1, -0.05) is 12.1 Å². The Balaban J connectivity index is 0.00000225. The van der Waals surface area contributed by atoms with E-state index < -0.39 is 6.04 Å². The lowest BCUT2D eigenvalue weighted by Gasteiger charge is -2.18. The normalized spacial score (nSPS) is 25.6. The second-order valence-corrected chi connectivity index (χ2v) is 6.73. The third kappa shape index (κ3) is 4.64. The molecule has 0 spiro atoms. The van der Waals surface area contributed by atoms with Gasteiger partial charge < -0.3 is 20.7 Å². The van der Waals surface area contributed by atoms with Gasteiger partial charge in [0.15, 0.2) is 0 Å². The number of ether oxygens (including phenoxy) is 1. The standard InChI is InChI=1S/C18H25N3O3.ClH/c1-24-15-6-2-12(3-7-15)11-21-9-8-16(18(21)23)20-17(22)13-4-5-14(19)10-13;/h2-3,6-7,13-14,16H,4-5,8-11,19H2,1H3,(H,20,22);1H. The van der Waals surface area contributed by atoms with Gasteiger partial charge in [0, 0.05) is 25.0 Å². The first-order valence-corrected chi connectivity index (χ1v) is 8.54. The van der Waals surface area contributed by atoms with E-state index in [1.807, 2.05) is 24.3 Å². The number of hydrogen-bond acceptors (Lipinski definition) is 4. The fourth-order valence-corrected chi connectivity index (χ4v) is 3.53. The van der Waals surface area contributed by atoms with Gasteiger partial charge in [0.25, 0.3) is 0 Å². The van der Waals surface area contributed by atoms with Gasteiger partial charge in [-0.05, 0) is 43.4 Å². The molecule has 7 heteroatoms. The highest BCUT2D eigenvalue weighted by Crippen LogP contribution is 2.25. The number of carbonyl (C=O) groups is 2. The van der Waals surface area contributed by atoms with Crippen molar-refractivity contribution in [1.82, 2.24) is 10.2 Å². The van der Waals surface area contributed by atoms with Crippen molar-refractivity contribution in [2.24, 2.45) is 11.7 Å². The molecule has 2 aliphatic rings. The van der Waals surface area contributed by atoms with Crippen LogP contribution in [0.4, 0.5) is 0 Å². The molecule has 1 aliphatic carbocycles. The SMILES string of the molecule is COc1ccc(CN2CCC(NC(=O)C3CCC(N)C3)C2=O)cc1.Cl. The number of methoxy groups -OCH3 is 1. The maximum absolute atomic E-state index is 12.5. The molecule has 2 amide bonds. The van der Waals surface area contributed by atoms with Crippen LogP contribution in [0, 0.1) is 5.92 Å². The number of nitrogens with two attached hydrogens (primary N) is 1. The Morgan fingerprint density at radius 1 is 1.28 bits per heavy atom. The Hall–Kier alpha value is -1.79. The van der Waals surface area contributed by atoms with Crippen molar-refractivity contribution in [2.75, 3.05) is 13.7 Å². The minimum Gasteiger partial charge on any atom is -0.497 e. The van der Waals surface area contributed by atoms with Crippen molar-refractivity contribution in [3.63, 3.8) is 0 Å². The Kier molecular flexibility index (Phi) is 6.67. The minimum absolute atomic E-state index is 0. The summed E-state index contributed by atoms with van der Waals surface area (Å²) in [5.74, 6) is 0.740. The first-order chi connectivity index (χ1) is 11.6. The van der Waals surface area contributed by atoms with Crippen LogP contribution in [0.5, 0.6) is 5.75 Å². The van der Waals surface area contributed by atoms with Gasteiger partial charge in [-0.2, -0.15) is 0 Å². The first-order valence-electron chi connectivity index (χ1n) is 8.54. The van der Waals surface area contributed by atoms with E-state index in [4.69, 9.17) is 10.5 Å². The van der Waals surface area contributed by atoms with Gasteiger partial charge in [0.1, 0.15) is 11.8 Å². The number of amides is 2. The lowest BCUT2D eigenvalue weighted by atomic mass is 10.1. The molecule has 1 aliphatic heterocycles. The average Bonchev–Trinajstić information content (AvgIpc) is 3.16. The molecule has 3 atom stereocenters. The van der Waals surface area contributed by atoms with Crippen molar-refractivity contribution in [1.29, 1.82) is 0 Å². The highest BCUT2D eigenvalue weighted by atomic mass is 35.5. The molecule has 2 fully saturated rings. The van der Waals surface area contributed by atoms with Crippen molar-refractivity contribution in [3.8, 4) is 5.75 Å². The van der Waals surface area contributed by atoms with Gasteiger partial charge in [-0.15, -0.1) is 12.4 Å². The topological polar surface area (TPSA) is 84.7 Å². The third-order valence-corrected chi connectivity index (χ3v) is 4.99. The predicted octanol–water partition coefficient (Wildman–Crippen LogP) is 1.46. The molecule has 1 saturated carbocycles. The van der Waals surface area contributed by atoms with Crippen LogP contribution in [0.15, 0.2) is 24.3 Å². The Morgan fingerprint density at radius 2 is 2.00 bits per heavy atom. The smallest absolute Gasteiger partial charge is 0.245 e. The minimum atomic E-state index is -0.396. The van der Waals surface area contributed by atoms with Crippen molar-refractivity contribution >= 4 is 24.2 Å². The van der Waals surface area contributed by atoms with E-state index in [0.717, 1.165) is 30.6 Å². The summed E-state index contributed by atoms with van der Waals surface area (Å²) in [6.45, 7) is 1.23. The molecular formula is C18H26ClN3O3. The van der Waals surface area contributed by atoms with Crippen LogP contribution in [-0.2, 0) is 16.1 Å². The number of rotatable bonds is 5. The van der Waals surface area contributed by atoms with Gasteiger partial charge in [0.05, 0.1) is 7.11 Å². The molecule has 25 heavy (non-hydrogen) atoms. The van der Waals surface area contributed by atoms with Gasteiger partial charge >= 0.3 is 0 Å². The Morgan fingerprint density at radius 3 is 2.60 bits per heavy atom. The third-order valence-electron chi connectivity index (χ3n) is 4.99. The number of carbonyl (C=O) groups excluding carboxylic acids is 2. The van der Waals surface area contributed by atoms with E-state index in [9.17, 15) is 9.59 Å². The summed E-state index contributed by atoms with van der Waals surface area (Å²) in [4.78, 5) is 26.6. The molecule has 1 heterocycles. The highest BCUT2D eigenvalue weighted by Gasteiger charge is 2.35. The van der Waals surface area contributed by atoms with Crippen LogP contribution in [0.2, 0.25) is 0 Å². The lowest BCUT2D eigenvalue weighted by molar-refractivity contribution is -0.134. The molecule has 0 bridgehead atoms. The van der Waals surface area contributed by atoms with Crippen molar-refractivity contribution < 1.29 is 14.3 Å². The van der Waals surface area contributed by atoms with Crippen LogP contribution in [-0.4, -0.2) is 42.5 Å². The van der Waals surface area contributed by atoms with Gasteiger partial charge in [-0.3, -0.25) is 9.59 Å². The Bertz CT molecular complexity index is 608. The van der Waals surface area contributed by atoms with E-state index >= 15 is 0 Å². The molecule has 3 rings (SSSR count). The second kappa shape index (κ2) is 8.54. The largest absolute Gasteiger partial charge is 0.497 e. The van der Waals surface area contributed by atoms with E-state index in [-0.39, 0.29) is 36.2 Å². The molecule has 1 aromatic carbocycles.